The molecule has 19 heavy (non-hydrogen) atoms. The number of nitrogens with one attached hydrogen (secondary N) is 2. The summed E-state index contributed by atoms with van der Waals surface area (Å²) >= 11 is 0. The van der Waals surface area contributed by atoms with Crippen LogP contribution in [0.1, 0.15) is 26.3 Å². The molecule has 3 amide bonds. The van der Waals surface area contributed by atoms with Gasteiger partial charge >= 0.3 is 6.03 Å². The number of nitrogens with two attached hydrogens (primary N) is 1. The molecule has 1 aromatic carbocycles. The van der Waals surface area contributed by atoms with Crippen molar-refractivity contribution in [3.63, 3.8) is 0 Å². The molecule has 0 saturated heterocycles. The van der Waals surface area contributed by atoms with Crippen LogP contribution in [0.3, 0.4) is 0 Å². The fourth-order valence-corrected chi connectivity index (χ4v) is 1.73. The zero-order chi connectivity index (χ0) is 14.4. The van der Waals surface area contributed by atoms with Crippen molar-refractivity contribution in [3.8, 4) is 0 Å². The summed E-state index contributed by atoms with van der Waals surface area (Å²) in [7, 11) is 0. The summed E-state index contributed by atoms with van der Waals surface area (Å²) in [4.78, 5) is 22.9. The molecule has 1 aromatic rings. The van der Waals surface area contributed by atoms with Gasteiger partial charge in [-0.25, -0.2) is 4.79 Å². The minimum atomic E-state index is -0.699. The molecule has 0 aliphatic heterocycles. The maximum atomic E-state index is 12.1. The highest BCUT2D eigenvalue weighted by atomic mass is 16.2. The van der Waals surface area contributed by atoms with Gasteiger partial charge in [0.1, 0.15) is 6.04 Å². The molecule has 104 valence electrons. The number of carbonyl (C=O) groups is 2. The highest BCUT2D eigenvalue weighted by Gasteiger charge is 2.23. The Morgan fingerprint density at radius 2 is 1.79 bits per heavy atom. The standard InChI is InChI=1S/C14H21N3O2/c1-4-10-5-7-11(8-6-10)16-13(18)12(9(2)3)17-14(15)19/h5-9,12H,4H2,1-3H3,(H,16,18)(H3,15,17,19). The fourth-order valence-electron chi connectivity index (χ4n) is 1.73. The van der Waals surface area contributed by atoms with Crippen LogP contribution in [-0.4, -0.2) is 18.0 Å². The topological polar surface area (TPSA) is 84.2 Å². The van der Waals surface area contributed by atoms with Crippen molar-refractivity contribution in [1.29, 1.82) is 0 Å². The SMILES string of the molecule is CCc1ccc(NC(=O)C(NC(N)=O)C(C)C)cc1. The molecule has 1 rings (SSSR count). The Balaban J connectivity index is 2.72. The number of benzene rings is 1. The van der Waals surface area contributed by atoms with Crippen LogP contribution in [-0.2, 0) is 11.2 Å². The summed E-state index contributed by atoms with van der Waals surface area (Å²) in [5.74, 6) is -0.305. The monoisotopic (exact) mass is 263 g/mol. The van der Waals surface area contributed by atoms with Crippen molar-refractivity contribution in [3.05, 3.63) is 29.8 Å². The van der Waals surface area contributed by atoms with E-state index in [9.17, 15) is 9.59 Å². The van der Waals surface area contributed by atoms with Crippen LogP contribution >= 0.6 is 0 Å². The first-order valence-corrected chi connectivity index (χ1v) is 6.39. The van der Waals surface area contributed by atoms with E-state index in [0.717, 1.165) is 6.42 Å². The molecular weight excluding hydrogens is 242 g/mol. The molecule has 0 spiro atoms. The van der Waals surface area contributed by atoms with Gasteiger partial charge in [-0.15, -0.1) is 0 Å². The van der Waals surface area contributed by atoms with E-state index in [1.807, 2.05) is 38.1 Å². The Bertz CT molecular complexity index is 441. The molecule has 0 bridgehead atoms. The lowest BCUT2D eigenvalue weighted by Crippen LogP contribution is -2.49. The molecule has 0 radical (unpaired) electrons. The van der Waals surface area contributed by atoms with Crippen LogP contribution < -0.4 is 16.4 Å². The maximum Gasteiger partial charge on any atom is 0.312 e. The van der Waals surface area contributed by atoms with Crippen molar-refractivity contribution >= 4 is 17.6 Å². The first-order valence-electron chi connectivity index (χ1n) is 6.39. The summed E-state index contributed by atoms with van der Waals surface area (Å²) in [5.41, 5.74) is 6.98. The van der Waals surface area contributed by atoms with Crippen LogP contribution in [0.2, 0.25) is 0 Å². The smallest absolute Gasteiger partial charge is 0.312 e. The van der Waals surface area contributed by atoms with Crippen LogP contribution in [0.4, 0.5) is 10.5 Å². The number of urea groups is 1. The quantitative estimate of drug-likeness (QED) is 0.757. The number of carbonyl (C=O) groups excluding carboxylic acids is 2. The van der Waals surface area contributed by atoms with Crippen molar-refractivity contribution < 1.29 is 9.59 Å². The van der Waals surface area contributed by atoms with Gasteiger partial charge in [0.05, 0.1) is 0 Å². The van der Waals surface area contributed by atoms with E-state index in [-0.39, 0.29) is 11.8 Å². The molecule has 5 nitrogen and oxygen atoms in total. The number of rotatable bonds is 5. The third-order valence-electron chi connectivity index (χ3n) is 2.88. The molecule has 1 unspecified atom stereocenters. The van der Waals surface area contributed by atoms with Crippen molar-refractivity contribution in [1.82, 2.24) is 5.32 Å². The van der Waals surface area contributed by atoms with Crippen LogP contribution in [0.15, 0.2) is 24.3 Å². The van der Waals surface area contributed by atoms with Gasteiger partial charge < -0.3 is 16.4 Å². The molecule has 0 aliphatic carbocycles. The van der Waals surface area contributed by atoms with Gasteiger partial charge in [-0.3, -0.25) is 4.79 Å². The first kappa shape index (κ1) is 15.0. The van der Waals surface area contributed by atoms with Crippen LogP contribution in [0.25, 0.3) is 0 Å². The predicted molar refractivity (Wildman–Crippen MR) is 75.8 cm³/mol. The second kappa shape index (κ2) is 6.78. The van der Waals surface area contributed by atoms with Crippen molar-refractivity contribution in [2.24, 2.45) is 11.7 Å². The molecule has 0 saturated carbocycles. The van der Waals surface area contributed by atoms with E-state index in [4.69, 9.17) is 5.73 Å². The van der Waals surface area contributed by atoms with Gasteiger partial charge in [-0.1, -0.05) is 32.9 Å². The van der Waals surface area contributed by atoms with Crippen LogP contribution in [0, 0.1) is 5.92 Å². The molecule has 0 aliphatic rings. The Hall–Kier alpha value is -2.04. The predicted octanol–water partition coefficient (Wildman–Crippen LogP) is 1.88. The summed E-state index contributed by atoms with van der Waals surface area (Å²) in [6.45, 7) is 5.76. The number of hydrogen-bond acceptors (Lipinski definition) is 2. The zero-order valence-corrected chi connectivity index (χ0v) is 11.6. The lowest BCUT2D eigenvalue weighted by Gasteiger charge is -2.20. The minimum Gasteiger partial charge on any atom is -0.352 e. The lowest BCUT2D eigenvalue weighted by atomic mass is 10.0. The van der Waals surface area contributed by atoms with Gasteiger partial charge in [0.2, 0.25) is 5.91 Å². The summed E-state index contributed by atoms with van der Waals surface area (Å²) in [6, 6.07) is 6.28. The fraction of sp³-hybridized carbons (Fsp3) is 0.429. The van der Waals surface area contributed by atoms with Gasteiger partial charge in [0.15, 0.2) is 0 Å². The Morgan fingerprint density at radius 1 is 1.21 bits per heavy atom. The third-order valence-corrected chi connectivity index (χ3v) is 2.88. The van der Waals surface area contributed by atoms with Gasteiger partial charge in [-0.05, 0) is 30.0 Å². The summed E-state index contributed by atoms with van der Waals surface area (Å²) in [5, 5.41) is 5.22. The molecule has 1 atom stereocenters. The average molecular weight is 263 g/mol. The normalized spacial score (nSPS) is 12.0. The lowest BCUT2D eigenvalue weighted by molar-refractivity contribution is -0.118. The average Bonchev–Trinajstić information content (AvgIpc) is 2.36. The third kappa shape index (κ3) is 4.62. The molecular formula is C14H21N3O2. The van der Waals surface area contributed by atoms with Gasteiger partial charge in [0, 0.05) is 5.69 Å². The number of primary amides is 1. The van der Waals surface area contributed by atoms with Crippen LogP contribution in [0.5, 0.6) is 0 Å². The first-order chi connectivity index (χ1) is 8.93. The van der Waals surface area contributed by atoms with Crippen molar-refractivity contribution in [2.75, 3.05) is 5.32 Å². The molecule has 0 aromatic heterocycles. The highest BCUT2D eigenvalue weighted by Crippen LogP contribution is 2.12. The molecule has 4 N–H and O–H groups in total. The second-order valence-corrected chi connectivity index (χ2v) is 4.77. The molecule has 0 fully saturated rings. The molecule has 0 heterocycles. The maximum absolute atomic E-state index is 12.1. The zero-order valence-electron chi connectivity index (χ0n) is 11.6. The van der Waals surface area contributed by atoms with E-state index in [1.165, 1.54) is 5.56 Å². The second-order valence-electron chi connectivity index (χ2n) is 4.77. The van der Waals surface area contributed by atoms with E-state index >= 15 is 0 Å². The Kier molecular flexibility index (Phi) is 5.36. The van der Waals surface area contributed by atoms with Gasteiger partial charge in [-0.2, -0.15) is 0 Å². The summed E-state index contributed by atoms with van der Waals surface area (Å²) < 4.78 is 0. The highest BCUT2D eigenvalue weighted by molar-refractivity contribution is 5.97. The largest absolute Gasteiger partial charge is 0.352 e. The van der Waals surface area contributed by atoms with E-state index in [2.05, 4.69) is 17.6 Å². The van der Waals surface area contributed by atoms with Crippen molar-refractivity contribution in [2.45, 2.75) is 33.2 Å². The number of amides is 3. The Labute approximate surface area is 113 Å². The number of aryl methyl sites for hydroxylation is 1. The minimum absolute atomic E-state index is 0.0394. The Morgan fingerprint density at radius 3 is 2.21 bits per heavy atom. The number of anilines is 1. The van der Waals surface area contributed by atoms with Gasteiger partial charge in [0.25, 0.3) is 0 Å². The summed E-state index contributed by atoms with van der Waals surface area (Å²) in [6.07, 6.45) is 0.950. The number of hydrogen-bond donors (Lipinski definition) is 3. The van der Waals surface area contributed by atoms with E-state index in [1.54, 1.807) is 0 Å². The van der Waals surface area contributed by atoms with E-state index in [0.29, 0.717) is 5.69 Å². The van der Waals surface area contributed by atoms with E-state index < -0.39 is 12.1 Å². The molecule has 5 heteroatoms.